The highest BCUT2D eigenvalue weighted by atomic mass is 32.1. The monoisotopic (exact) mass is 420 g/mol. The van der Waals surface area contributed by atoms with Crippen molar-refractivity contribution >= 4 is 29.0 Å². The summed E-state index contributed by atoms with van der Waals surface area (Å²) in [7, 11) is 0. The van der Waals surface area contributed by atoms with Crippen molar-refractivity contribution in [3.63, 3.8) is 0 Å². The van der Waals surface area contributed by atoms with Gasteiger partial charge in [0.1, 0.15) is 12.7 Å². The van der Waals surface area contributed by atoms with Gasteiger partial charge >= 0.3 is 0 Å². The van der Waals surface area contributed by atoms with E-state index in [9.17, 15) is 9.59 Å². The third-order valence-corrected chi connectivity index (χ3v) is 5.23. The molecule has 9 heteroatoms. The Morgan fingerprint density at radius 1 is 1.20 bits per heavy atom. The van der Waals surface area contributed by atoms with Crippen molar-refractivity contribution < 1.29 is 4.79 Å². The van der Waals surface area contributed by atoms with Gasteiger partial charge in [0.05, 0.1) is 22.6 Å². The van der Waals surface area contributed by atoms with Crippen LogP contribution in [0.15, 0.2) is 66.0 Å². The van der Waals surface area contributed by atoms with E-state index in [2.05, 4.69) is 20.4 Å². The van der Waals surface area contributed by atoms with Crippen molar-refractivity contribution in [3.05, 3.63) is 81.9 Å². The third-order valence-electron chi connectivity index (χ3n) is 4.91. The highest BCUT2D eigenvalue weighted by molar-refractivity contribution is 7.71. The molecular formula is C21H20N6O2S. The second-order valence-electron chi connectivity index (χ2n) is 6.90. The molecule has 2 N–H and O–H groups in total. The van der Waals surface area contributed by atoms with E-state index in [1.54, 1.807) is 29.2 Å². The van der Waals surface area contributed by atoms with Gasteiger partial charge in [0, 0.05) is 13.0 Å². The van der Waals surface area contributed by atoms with Gasteiger partial charge in [-0.3, -0.25) is 14.2 Å². The fourth-order valence-corrected chi connectivity index (χ4v) is 3.55. The number of carbonyl (C=O) groups excluding carboxylic acids is 1. The summed E-state index contributed by atoms with van der Waals surface area (Å²) in [5.41, 5.74) is 2.35. The summed E-state index contributed by atoms with van der Waals surface area (Å²) in [6.07, 6.45) is 3.25. The Morgan fingerprint density at radius 3 is 2.70 bits per heavy atom. The molecule has 2 aromatic carbocycles. The molecule has 0 spiro atoms. The van der Waals surface area contributed by atoms with Crippen LogP contribution in [0.1, 0.15) is 24.9 Å². The lowest BCUT2D eigenvalue weighted by Gasteiger charge is -2.15. The average Bonchev–Trinajstić information content (AvgIpc) is 3.28. The smallest absolute Gasteiger partial charge is 0.262 e. The molecule has 0 saturated heterocycles. The summed E-state index contributed by atoms with van der Waals surface area (Å²) in [5, 5.41) is 7.60. The molecule has 2 heterocycles. The quantitative estimate of drug-likeness (QED) is 0.468. The molecule has 30 heavy (non-hydrogen) atoms. The maximum Gasteiger partial charge on any atom is 0.262 e. The van der Waals surface area contributed by atoms with Crippen molar-refractivity contribution in [2.45, 2.75) is 25.9 Å². The lowest BCUT2D eigenvalue weighted by molar-refractivity contribution is -0.122. The predicted molar refractivity (Wildman–Crippen MR) is 116 cm³/mol. The van der Waals surface area contributed by atoms with Crippen LogP contribution in [-0.2, 0) is 11.3 Å². The number of H-pyrrole nitrogens is 1. The first-order chi connectivity index (χ1) is 14.5. The first kappa shape index (κ1) is 19.7. The topological polar surface area (TPSA) is 97.6 Å². The number of hydrogen-bond donors (Lipinski definition) is 2. The molecule has 1 amide bonds. The van der Waals surface area contributed by atoms with Gasteiger partial charge in [-0.05, 0) is 49.0 Å². The molecule has 4 rings (SSSR count). The van der Waals surface area contributed by atoms with Gasteiger partial charge in [0.2, 0.25) is 5.91 Å². The molecule has 152 valence electrons. The fourth-order valence-electron chi connectivity index (χ4n) is 3.27. The summed E-state index contributed by atoms with van der Waals surface area (Å²) in [4.78, 5) is 32.1. The first-order valence-electron chi connectivity index (χ1n) is 9.49. The van der Waals surface area contributed by atoms with E-state index in [0.29, 0.717) is 15.7 Å². The van der Waals surface area contributed by atoms with Crippen LogP contribution in [0.5, 0.6) is 0 Å². The van der Waals surface area contributed by atoms with E-state index in [0.717, 1.165) is 11.3 Å². The molecule has 0 fully saturated rings. The number of fused-ring (bicyclic) bond motifs is 1. The first-order valence-corrected chi connectivity index (χ1v) is 9.90. The summed E-state index contributed by atoms with van der Waals surface area (Å²) in [5.74, 6) is -0.155. The predicted octanol–water partition coefficient (Wildman–Crippen LogP) is 2.91. The van der Waals surface area contributed by atoms with E-state index in [-0.39, 0.29) is 30.5 Å². The zero-order valence-electron chi connectivity index (χ0n) is 16.3. The maximum atomic E-state index is 12.7. The van der Waals surface area contributed by atoms with Crippen molar-refractivity contribution in [2.24, 2.45) is 0 Å². The fraction of sp³-hybridized carbons (Fsp3) is 0.190. The molecule has 0 aliphatic heterocycles. The molecule has 1 atom stereocenters. The Hall–Kier alpha value is -3.59. The molecular weight excluding hydrogens is 400 g/mol. The summed E-state index contributed by atoms with van der Waals surface area (Å²) in [6.45, 7) is 2.12. The van der Waals surface area contributed by atoms with Crippen molar-refractivity contribution in [1.82, 2.24) is 29.6 Å². The minimum absolute atomic E-state index is 0.150. The third kappa shape index (κ3) is 4.06. The number of nitrogens with one attached hydrogen (secondary N) is 2. The van der Waals surface area contributed by atoms with Crippen LogP contribution in [0.25, 0.3) is 16.6 Å². The Balaban J connectivity index is 1.41. The minimum atomic E-state index is -0.195. The maximum absolute atomic E-state index is 12.7. The number of nitrogens with zero attached hydrogens (tertiary/aromatic N) is 4. The van der Waals surface area contributed by atoms with Crippen LogP contribution < -0.4 is 10.9 Å². The molecule has 8 nitrogen and oxygen atoms in total. The van der Waals surface area contributed by atoms with E-state index in [1.165, 1.54) is 10.9 Å². The lowest BCUT2D eigenvalue weighted by Crippen LogP contribution is -2.30. The average molecular weight is 420 g/mol. The van der Waals surface area contributed by atoms with E-state index < -0.39 is 0 Å². The molecule has 0 aliphatic carbocycles. The zero-order chi connectivity index (χ0) is 21.1. The second kappa shape index (κ2) is 8.42. The van der Waals surface area contributed by atoms with Crippen LogP contribution in [0.3, 0.4) is 0 Å². The summed E-state index contributed by atoms with van der Waals surface area (Å²) < 4.78 is 3.40. The standard InChI is InChI=1S/C21H20N6O2S/c1-14(15-6-8-16(9-7-15)27-13-22-12-23-27)24-19(28)10-11-26-20(29)17-4-2-3-5-18(17)25-21(26)30/h2-9,12-14H,10-11H2,1H3,(H,24,28)(H,25,30). The van der Waals surface area contributed by atoms with Gasteiger partial charge in [-0.2, -0.15) is 5.10 Å². The SMILES string of the molecule is CC(NC(=O)CCn1c(=S)[nH]c2ccccc2c1=O)c1ccc(-n2cncn2)cc1. The van der Waals surface area contributed by atoms with Crippen molar-refractivity contribution in [2.75, 3.05) is 0 Å². The molecule has 1 unspecified atom stereocenters. The number of benzene rings is 2. The largest absolute Gasteiger partial charge is 0.350 e. The second-order valence-corrected chi connectivity index (χ2v) is 7.29. The molecule has 0 aliphatic rings. The van der Waals surface area contributed by atoms with Crippen LogP contribution in [0.2, 0.25) is 0 Å². The van der Waals surface area contributed by atoms with Gasteiger partial charge in [-0.25, -0.2) is 9.67 Å². The number of rotatable bonds is 6. The Labute approximate surface area is 177 Å². The van der Waals surface area contributed by atoms with Crippen LogP contribution in [-0.4, -0.2) is 30.2 Å². The Morgan fingerprint density at radius 2 is 1.97 bits per heavy atom. The highest BCUT2D eigenvalue weighted by Crippen LogP contribution is 2.15. The molecule has 0 saturated carbocycles. The summed E-state index contributed by atoms with van der Waals surface area (Å²) in [6, 6.07) is 14.7. The van der Waals surface area contributed by atoms with E-state index >= 15 is 0 Å². The minimum Gasteiger partial charge on any atom is -0.350 e. The van der Waals surface area contributed by atoms with Crippen LogP contribution in [0, 0.1) is 4.77 Å². The molecule has 0 radical (unpaired) electrons. The van der Waals surface area contributed by atoms with Gasteiger partial charge < -0.3 is 10.3 Å². The van der Waals surface area contributed by atoms with Gasteiger partial charge in [0.15, 0.2) is 4.77 Å². The van der Waals surface area contributed by atoms with Crippen molar-refractivity contribution in [1.29, 1.82) is 0 Å². The van der Waals surface area contributed by atoms with E-state index in [4.69, 9.17) is 12.2 Å². The zero-order valence-corrected chi connectivity index (χ0v) is 17.1. The Bertz CT molecular complexity index is 1290. The highest BCUT2D eigenvalue weighted by Gasteiger charge is 2.12. The number of para-hydroxylation sites is 1. The van der Waals surface area contributed by atoms with Crippen LogP contribution in [0.4, 0.5) is 0 Å². The number of aromatic nitrogens is 5. The molecule has 4 aromatic rings. The summed E-state index contributed by atoms with van der Waals surface area (Å²) >= 11 is 5.29. The number of aromatic amines is 1. The molecule has 0 bridgehead atoms. The van der Waals surface area contributed by atoms with E-state index in [1.807, 2.05) is 37.3 Å². The Kier molecular flexibility index (Phi) is 5.53. The number of amides is 1. The number of hydrogen-bond acceptors (Lipinski definition) is 5. The van der Waals surface area contributed by atoms with Gasteiger partial charge in [0.25, 0.3) is 5.56 Å². The lowest BCUT2D eigenvalue weighted by atomic mass is 10.1. The van der Waals surface area contributed by atoms with Crippen LogP contribution >= 0.6 is 12.2 Å². The van der Waals surface area contributed by atoms with Crippen molar-refractivity contribution in [3.8, 4) is 5.69 Å². The normalized spacial score (nSPS) is 12.0. The number of carbonyl (C=O) groups is 1. The van der Waals surface area contributed by atoms with Gasteiger partial charge in [-0.15, -0.1) is 0 Å². The molecule has 2 aromatic heterocycles. The van der Waals surface area contributed by atoms with Gasteiger partial charge in [-0.1, -0.05) is 24.3 Å².